The van der Waals surface area contributed by atoms with E-state index >= 15 is 0 Å². The molecule has 2 aliphatic heterocycles. The fourth-order valence-electron chi connectivity index (χ4n) is 3.63. The predicted octanol–water partition coefficient (Wildman–Crippen LogP) is 2.82. The van der Waals surface area contributed by atoms with Crippen LogP contribution in [0.3, 0.4) is 0 Å². The van der Waals surface area contributed by atoms with Gasteiger partial charge in [0.2, 0.25) is 0 Å². The van der Waals surface area contributed by atoms with Gasteiger partial charge in [-0.15, -0.1) is 0 Å². The van der Waals surface area contributed by atoms with Crippen LogP contribution in [0.25, 0.3) is 0 Å². The first-order valence-electron chi connectivity index (χ1n) is 6.94. The van der Waals surface area contributed by atoms with E-state index in [1.165, 1.54) is 6.42 Å². The van der Waals surface area contributed by atoms with Gasteiger partial charge in [0.25, 0.3) is 0 Å². The minimum absolute atomic E-state index is 0.461. The molecule has 1 aromatic rings. The lowest BCUT2D eigenvalue weighted by atomic mass is 9.93. The number of hydrogen-bond acceptors (Lipinski definition) is 3. The van der Waals surface area contributed by atoms with Crippen LogP contribution in [0, 0.1) is 11.8 Å². The van der Waals surface area contributed by atoms with Crippen molar-refractivity contribution < 1.29 is 0 Å². The number of fused-ring (bicyclic) bond motifs is 1. The lowest BCUT2D eigenvalue weighted by Gasteiger charge is -2.27. The van der Waals surface area contributed by atoms with Crippen molar-refractivity contribution in [2.75, 3.05) is 19.6 Å². The third-order valence-corrected chi connectivity index (χ3v) is 5.05. The summed E-state index contributed by atoms with van der Waals surface area (Å²) in [6, 6.07) is 4.48. The van der Waals surface area contributed by atoms with E-state index in [0.29, 0.717) is 16.3 Å². The summed E-state index contributed by atoms with van der Waals surface area (Å²) in [6.45, 7) is 6.64. The second-order valence-electron chi connectivity index (χ2n) is 5.57. The molecule has 0 radical (unpaired) electrons. The van der Waals surface area contributed by atoms with Crippen LogP contribution < -0.4 is 5.32 Å². The molecule has 3 heterocycles. The molecule has 0 saturated carbocycles. The lowest BCUT2D eigenvalue weighted by Crippen LogP contribution is -2.34. The van der Waals surface area contributed by atoms with Crippen molar-refractivity contribution in [1.82, 2.24) is 15.2 Å². The molecule has 2 saturated heterocycles. The van der Waals surface area contributed by atoms with Crippen molar-refractivity contribution in [2.24, 2.45) is 11.8 Å². The molecule has 1 aromatic heterocycles. The molecular formula is C14H19Cl2N3. The van der Waals surface area contributed by atoms with E-state index in [0.717, 1.165) is 43.6 Å². The molecule has 0 spiro atoms. The van der Waals surface area contributed by atoms with Crippen molar-refractivity contribution in [1.29, 1.82) is 0 Å². The van der Waals surface area contributed by atoms with Crippen LogP contribution >= 0.6 is 23.2 Å². The quantitative estimate of drug-likeness (QED) is 0.870. The highest BCUT2D eigenvalue weighted by atomic mass is 35.5. The van der Waals surface area contributed by atoms with Crippen molar-refractivity contribution in [3.8, 4) is 0 Å². The van der Waals surface area contributed by atoms with E-state index in [9.17, 15) is 0 Å². The molecular weight excluding hydrogens is 281 g/mol. The van der Waals surface area contributed by atoms with Gasteiger partial charge in [0.05, 0.1) is 0 Å². The van der Waals surface area contributed by atoms with Crippen molar-refractivity contribution in [3.63, 3.8) is 0 Å². The van der Waals surface area contributed by atoms with Gasteiger partial charge in [-0.3, -0.25) is 4.90 Å². The normalized spacial score (nSPS) is 30.8. The Morgan fingerprint density at radius 1 is 1.37 bits per heavy atom. The number of hydrogen-bond donors (Lipinski definition) is 1. The van der Waals surface area contributed by atoms with Crippen LogP contribution in [-0.2, 0) is 6.54 Å². The zero-order chi connectivity index (χ0) is 13.4. The standard InChI is InChI=1S/C14H19Cl2N3/c1-2-12-11-6-17-5-10(11)8-19(12)7-9-3-4-13(15)18-14(9)16/h3-4,10-12,17H,2,5-8H2,1H3. The Hall–Kier alpha value is -0.350. The summed E-state index contributed by atoms with van der Waals surface area (Å²) in [4.78, 5) is 6.69. The van der Waals surface area contributed by atoms with E-state index in [4.69, 9.17) is 23.2 Å². The summed E-state index contributed by atoms with van der Waals surface area (Å²) >= 11 is 12.0. The molecule has 19 heavy (non-hydrogen) atoms. The van der Waals surface area contributed by atoms with Crippen molar-refractivity contribution in [3.05, 3.63) is 28.0 Å². The highest BCUT2D eigenvalue weighted by Gasteiger charge is 2.42. The number of pyridine rings is 1. The maximum absolute atomic E-state index is 6.18. The van der Waals surface area contributed by atoms with Crippen LogP contribution in [0.2, 0.25) is 10.3 Å². The Morgan fingerprint density at radius 2 is 2.21 bits per heavy atom. The summed E-state index contributed by atoms with van der Waals surface area (Å²) in [7, 11) is 0. The van der Waals surface area contributed by atoms with Gasteiger partial charge in [0.1, 0.15) is 10.3 Å². The van der Waals surface area contributed by atoms with E-state index < -0.39 is 0 Å². The Morgan fingerprint density at radius 3 is 2.95 bits per heavy atom. The first-order valence-corrected chi connectivity index (χ1v) is 7.70. The lowest BCUT2D eigenvalue weighted by molar-refractivity contribution is 0.210. The van der Waals surface area contributed by atoms with Crippen molar-refractivity contribution in [2.45, 2.75) is 25.9 Å². The van der Waals surface area contributed by atoms with Crippen LogP contribution in [0.4, 0.5) is 0 Å². The van der Waals surface area contributed by atoms with Gasteiger partial charge in [-0.1, -0.05) is 36.2 Å². The molecule has 2 fully saturated rings. The number of rotatable bonds is 3. The van der Waals surface area contributed by atoms with E-state index in [2.05, 4.69) is 22.1 Å². The third-order valence-electron chi connectivity index (χ3n) is 4.51. The van der Waals surface area contributed by atoms with Crippen LogP contribution in [0.1, 0.15) is 18.9 Å². The van der Waals surface area contributed by atoms with Gasteiger partial charge < -0.3 is 5.32 Å². The number of nitrogens with zero attached hydrogens (tertiary/aromatic N) is 2. The van der Waals surface area contributed by atoms with Crippen LogP contribution in [0.15, 0.2) is 12.1 Å². The largest absolute Gasteiger partial charge is 0.316 e. The maximum Gasteiger partial charge on any atom is 0.135 e. The summed E-state index contributed by atoms with van der Waals surface area (Å²) in [5, 5.41) is 4.51. The van der Waals surface area contributed by atoms with Gasteiger partial charge in [-0.2, -0.15) is 0 Å². The highest BCUT2D eigenvalue weighted by Crippen LogP contribution is 2.35. The molecule has 0 amide bonds. The molecule has 3 unspecified atom stereocenters. The van der Waals surface area contributed by atoms with Gasteiger partial charge in [0, 0.05) is 24.7 Å². The molecule has 0 bridgehead atoms. The first-order chi connectivity index (χ1) is 9.19. The van der Waals surface area contributed by atoms with Gasteiger partial charge >= 0.3 is 0 Å². The Balaban J connectivity index is 1.76. The van der Waals surface area contributed by atoms with Crippen LogP contribution in [0.5, 0.6) is 0 Å². The zero-order valence-corrected chi connectivity index (χ0v) is 12.6. The molecule has 3 atom stereocenters. The molecule has 104 valence electrons. The fourth-order valence-corrected chi connectivity index (χ4v) is 4.04. The van der Waals surface area contributed by atoms with Gasteiger partial charge in [0.15, 0.2) is 0 Å². The second kappa shape index (κ2) is 5.57. The van der Waals surface area contributed by atoms with Crippen LogP contribution in [-0.4, -0.2) is 35.6 Å². The van der Waals surface area contributed by atoms with Gasteiger partial charge in [-0.05, 0) is 37.4 Å². The monoisotopic (exact) mass is 299 g/mol. The Labute approximate surface area is 124 Å². The molecule has 0 aliphatic carbocycles. The topological polar surface area (TPSA) is 28.2 Å². The number of likely N-dealkylation sites (tertiary alicyclic amines) is 1. The maximum atomic E-state index is 6.18. The molecule has 2 aliphatic rings. The minimum atomic E-state index is 0.461. The second-order valence-corrected chi connectivity index (χ2v) is 6.32. The number of nitrogens with one attached hydrogen (secondary N) is 1. The Kier molecular flexibility index (Phi) is 3.99. The van der Waals surface area contributed by atoms with E-state index in [1.54, 1.807) is 0 Å². The molecule has 1 N–H and O–H groups in total. The zero-order valence-electron chi connectivity index (χ0n) is 11.1. The van der Waals surface area contributed by atoms with Gasteiger partial charge in [-0.25, -0.2) is 4.98 Å². The first kappa shape index (κ1) is 13.6. The molecule has 3 rings (SSSR count). The average Bonchev–Trinajstić information content (AvgIpc) is 2.92. The molecule has 0 aromatic carbocycles. The summed E-state index contributed by atoms with van der Waals surface area (Å²) < 4.78 is 0. The summed E-state index contributed by atoms with van der Waals surface area (Å²) in [5.41, 5.74) is 1.08. The van der Waals surface area contributed by atoms with E-state index in [1.807, 2.05) is 12.1 Å². The predicted molar refractivity (Wildman–Crippen MR) is 78.6 cm³/mol. The van der Waals surface area contributed by atoms with Crippen molar-refractivity contribution >= 4 is 23.2 Å². The average molecular weight is 300 g/mol. The minimum Gasteiger partial charge on any atom is -0.316 e. The number of halogens is 2. The summed E-state index contributed by atoms with van der Waals surface area (Å²) in [5.74, 6) is 1.59. The fraction of sp³-hybridized carbons (Fsp3) is 0.643. The van der Waals surface area contributed by atoms with E-state index in [-0.39, 0.29) is 0 Å². The molecule has 3 nitrogen and oxygen atoms in total. The number of aromatic nitrogens is 1. The molecule has 5 heteroatoms. The smallest absolute Gasteiger partial charge is 0.135 e. The SMILES string of the molecule is CCC1C2CNCC2CN1Cc1ccc(Cl)nc1Cl. The Bertz CT molecular complexity index is 466. The summed E-state index contributed by atoms with van der Waals surface area (Å²) in [6.07, 6.45) is 1.20. The highest BCUT2D eigenvalue weighted by molar-refractivity contribution is 6.32. The third kappa shape index (κ3) is 2.62.